The SMILES string of the molecule is COc1cc(Cc2ccccc2)c2c(c1OC)CC[n+]1c-2cc2cc(CO)c(CO)cc2c1N(C)C.COc1cc2c(c(Cc3ccccc3)c1)-c1cc3cc(CO)c(CO)cc3c(N(C)C)[n+]1CC2.COc1ccc(Cc2cc(OC)c(OC)c3c2-c2cc4cc(CO)c(CO)cc4c(N(C)C)[n+]2CC3)cc1.COc1ccc(Cc2cc(OC)cc3c2-c2cc4cc(CO)c(CO)cc4c(N(C)C)[n+]2CC3)cc1.[W].[W].[W].[W]. The third kappa shape index (κ3) is 22.7. The van der Waals surface area contributed by atoms with E-state index in [1.165, 1.54) is 72.5 Å². The molecule has 4 aliphatic heterocycles. The molecule has 768 valence electrons. The van der Waals surface area contributed by atoms with Crippen molar-refractivity contribution < 1.29 is 181 Å². The summed E-state index contributed by atoms with van der Waals surface area (Å²) >= 11 is 0. The average Bonchev–Trinajstić information content (AvgIpc) is 0.770. The summed E-state index contributed by atoms with van der Waals surface area (Å²) < 4.78 is 54.9. The molecule has 0 bridgehead atoms. The number of aliphatic hydroxyl groups is 8. The Balaban J connectivity index is 0.000000163. The Morgan fingerprint density at radius 1 is 0.236 bits per heavy atom. The van der Waals surface area contributed by atoms with Crippen LogP contribution in [0.5, 0.6) is 46.0 Å². The summed E-state index contributed by atoms with van der Waals surface area (Å²) in [5.74, 6) is 10.8. The number of benzene rings is 12. The molecular formula is C120H132N8O16W4+4. The number of nitrogens with zero attached hydrogens (tertiary/aromatic N) is 8. The molecule has 8 N–H and O–H groups in total. The van der Waals surface area contributed by atoms with Gasteiger partial charge in [0.1, 0.15) is 45.8 Å². The number of anilines is 4. The molecule has 4 aliphatic rings. The van der Waals surface area contributed by atoms with Gasteiger partial charge in [0, 0.05) is 143 Å². The summed E-state index contributed by atoms with van der Waals surface area (Å²) in [6.07, 6.45) is 6.48. The van der Waals surface area contributed by atoms with E-state index >= 15 is 0 Å². The monoisotopic (exact) mass is 2680 g/mol. The molecule has 4 aromatic heterocycles. The van der Waals surface area contributed by atoms with Crippen molar-refractivity contribution in [3.05, 3.63) is 330 Å². The zero-order valence-electron chi connectivity index (χ0n) is 87.0. The van der Waals surface area contributed by atoms with Crippen molar-refractivity contribution in [3.8, 4) is 91.0 Å². The van der Waals surface area contributed by atoms with E-state index in [-0.39, 0.29) is 137 Å². The Kier molecular flexibility index (Phi) is 38.6. The third-order valence-electron chi connectivity index (χ3n) is 28.6. The molecular weight excluding hydrogens is 2540 g/mol. The number of fused-ring (bicyclic) bond motifs is 16. The predicted molar refractivity (Wildman–Crippen MR) is 567 cm³/mol. The van der Waals surface area contributed by atoms with Crippen molar-refractivity contribution in [2.24, 2.45) is 0 Å². The standard InChI is InChI=1S/C31H35N2O5.2C30H33N2O4.C29H31N2O3.4W/c1-32(2)31-26-14-23(18-35)22(17-34)13-20(26)15-27-29-21(12-19-6-8-24(36-3)9-7-19)16-28(37-4)30(38-5)25(29)10-11-33(27)31;1-31(2)30-27-15-24(18-34)23(17-33)12-21(27)16-28-29-20(9-10-32(28)30)13-26(36-4)14-22(29)11-19-5-7-25(35-3)8-6-19;1-31(2)30-25-14-23(18-34)22(17-33)13-20(25)15-26-28-21(12-19-8-6-5-7-9-19)16-27(35-3)29(36-4)24(28)10-11-32(26)30;1-30(2)29-26-15-24(18-33)23(17-32)12-21(26)16-27-28-20(9-10-31(27)29)13-25(34-3)14-22(28)11-19-7-5-4-6-8-19;;;;/h6-9,13-16,34-35H,10-12,17-18H2,1-5H3;5-8,12-16,33-34H,9-11,17-18H2,1-4H3;5-9,13-16,33-34H,10-12,17-18H2,1-4H3;4-8,12-16,32-33H,9-11,17-18H2,1-3H3;;;;/q4*+1;;;;. The molecule has 0 saturated carbocycles. The van der Waals surface area contributed by atoms with E-state index in [0.717, 1.165) is 267 Å². The summed E-state index contributed by atoms with van der Waals surface area (Å²) in [5.41, 5.74) is 29.9. The minimum Gasteiger partial charge on any atom is -0.497 e. The van der Waals surface area contributed by atoms with Crippen LogP contribution in [0.1, 0.15) is 111 Å². The maximum absolute atomic E-state index is 9.99. The van der Waals surface area contributed by atoms with E-state index in [9.17, 15) is 40.9 Å². The number of hydrogen-bond acceptors (Lipinski definition) is 20. The fourth-order valence-electron chi connectivity index (χ4n) is 22.0. The van der Waals surface area contributed by atoms with Crippen LogP contribution < -0.4 is 75.8 Å². The van der Waals surface area contributed by atoms with Gasteiger partial charge in [-0.25, -0.2) is 18.3 Å². The van der Waals surface area contributed by atoms with E-state index in [1.807, 2.05) is 99.0 Å². The fraction of sp³-hybridized carbons (Fsp3) is 0.300. The molecule has 0 fully saturated rings. The third-order valence-corrected chi connectivity index (χ3v) is 28.6. The maximum atomic E-state index is 9.99. The van der Waals surface area contributed by atoms with Crippen LogP contribution >= 0.6 is 0 Å². The van der Waals surface area contributed by atoms with E-state index in [4.69, 9.17) is 37.9 Å². The molecule has 8 heterocycles. The average molecular weight is 2680 g/mol. The van der Waals surface area contributed by atoms with Gasteiger partial charge in [0.05, 0.1) is 214 Å². The van der Waals surface area contributed by atoms with E-state index < -0.39 is 0 Å². The Hall–Kier alpha value is -11.7. The first-order valence-corrected chi connectivity index (χ1v) is 48.9. The van der Waals surface area contributed by atoms with Crippen LogP contribution in [0.25, 0.3) is 88.1 Å². The van der Waals surface area contributed by atoms with Gasteiger partial charge in [-0.15, -0.1) is 0 Å². The second-order valence-electron chi connectivity index (χ2n) is 38.0. The van der Waals surface area contributed by atoms with Gasteiger partial charge < -0.3 is 78.7 Å². The molecule has 0 spiro atoms. The van der Waals surface area contributed by atoms with Gasteiger partial charge in [0.25, 0.3) is 23.3 Å². The number of hydrogen-bond donors (Lipinski definition) is 8. The molecule has 0 unspecified atom stereocenters. The van der Waals surface area contributed by atoms with Gasteiger partial charge in [-0.1, -0.05) is 84.9 Å². The molecule has 16 aromatic rings. The van der Waals surface area contributed by atoms with Crippen molar-refractivity contribution in [2.75, 3.05) is 133 Å². The minimum atomic E-state index is -0.127. The second kappa shape index (κ2) is 50.3. The van der Waals surface area contributed by atoms with Crippen LogP contribution in [-0.2, 0) is 215 Å². The summed E-state index contributed by atoms with van der Waals surface area (Å²) in [7, 11) is 30.0. The molecule has 0 saturated heterocycles. The van der Waals surface area contributed by atoms with Crippen LogP contribution in [0.4, 0.5) is 23.3 Å². The molecule has 20 rings (SSSR count). The van der Waals surface area contributed by atoms with Gasteiger partial charge in [-0.2, -0.15) is 0 Å². The van der Waals surface area contributed by atoms with Crippen LogP contribution in [0.15, 0.2) is 218 Å². The smallest absolute Gasteiger partial charge is 0.284 e. The number of methoxy groups -OCH3 is 8. The van der Waals surface area contributed by atoms with Gasteiger partial charge in [0.15, 0.2) is 23.0 Å². The molecule has 0 radical (unpaired) electrons. The molecule has 28 heteroatoms. The summed E-state index contributed by atoms with van der Waals surface area (Å²) in [6.45, 7) is 2.39. The first-order valence-electron chi connectivity index (χ1n) is 48.9. The van der Waals surface area contributed by atoms with Crippen molar-refractivity contribution in [1.82, 2.24) is 0 Å². The number of ether oxygens (including phenoxy) is 8. The Labute approximate surface area is 923 Å². The number of rotatable bonds is 28. The van der Waals surface area contributed by atoms with Crippen molar-refractivity contribution in [3.63, 3.8) is 0 Å². The maximum Gasteiger partial charge on any atom is 0.284 e. The van der Waals surface area contributed by atoms with Gasteiger partial charge in [0.2, 0.25) is 0 Å². The van der Waals surface area contributed by atoms with Crippen LogP contribution in [0, 0.1) is 0 Å². The molecule has 12 aromatic carbocycles. The normalized spacial score (nSPS) is 11.9. The van der Waals surface area contributed by atoms with Gasteiger partial charge >= 0.3 is 0 Å². The predicted octanol–water partition coefficient (Wildman–Crippen LogP) is 16.0. The summed E-state index contributed by atoms with van der Waals surface area (Å²) in [4.78, 5) is 8.55. The first-order chi connectivity index (χ1) is 69.9. The fourth-order valence-corrected chi connectivity index (χ4v) is 22.0. The zero-order valence-corrected chi connectivity index (χ0v) is 98.7. The largest absolute Gasteiger partial charge is 0.497 e. The first kappa shape index (κ1) is 113. The number of aromatic nitrogens is 4. The molecule has 0 atom stereocenters. The van der Waals surface area contributed by atoms with Gasteiger partial charge in [-0.05, 0) is 281 Å². The number of aliphatic hydroxyl groups excluding tert-OH is 8. The molecule has 24 nitrogen and oxygen atoms in total. The van der Waals surface area contributed by atoms with E-state index in [1.54, 1.807) is 56.9 Å². The summed E-state index contributed by atoms with van der Waals surface area (Å²) in [5, 5.41) is 87.9. The van der Waals surface area contributed by atoms with Crippen LogP contribution in [0.3, 0.4) is 0 Å². The Morgan fingerprint density at radius 2 is 0.480 bits per heavy atom. The minimum absolute atomic E-state index is 0. The van der Waals surface area contributed by atoms with E-state index in [0.29, 0.717) is 6.42 Å². The van der Waals surface area contributed by atoms with Crippen LogP contribution in [0.2, 0.25) is 0 Å². The van der Waals surface area contributed by atoms with Crippen molar-refractivity contribution in [2.45, 2.75) is 130 Å². The topological polar surface area (TPSA) is 264 Å². The molecule has 0 aliphatic carbocycles. The second-order valence-corrected chi connectivity index (χ2v) is 38.0. The Bertz CT molecular complexity index is 7510. The van der Waals surface area contributed by atoms with Crippen molar-refractivity contribution >= 4 is 66.4 Å². The van der Waals surface area contributed by atoms with Gasteiger partial charge in [-0.3, -0.25) is 19.6 Å². The molecule has 148 heavy (non-hydrogen) atoms. The molecule has 0 amide bonds. The summed E-state index contributed by atoms with van der Waals surface area (Å²) in [6, 6.07) is 75.1. The quantitative estimate of drug-likeness (QED) is 0.0212. The van der Waals surface area contributed by atoms with Crippen molar-refractivity contribution in [1.29, 1.82) is 0 Å². The van der Waals surface area contributed by atoms with Crippen LogP contribution in [-0.4, -0.2) is 154 Å². The number of aryl methyl sites for hydroxylation is 2. The van der Waals surface area contributed by atoms with E-state index in [2.05, 4.69) is 214 Å². The Morgan fingerprint density at radius 3 is 0.723 bits per heavy atom. The number of pyridine rings is 4. The zero-order chi connectivity index (χ0) is 102.